The molecule has 40 heavy (non-hydrogen) atoms. The molecule has 0 saturated carbocycles. The summed E-state index contributed by atoms with van der Waals surface area (Å²) in [6.45, 7) is 2.14. The van der Waals surface area contributed by atoms with Crippen LogP contribution in [0.2, 0.25) is 0 Å². The van der Waals surface area contributed by atoms with E-state index < -0.39 is 6.29 Å². The van der Waals surface area contributed by atoms with Gasteiger partial charge in [0.15, 0.2) is 6.29 Å². The van der Waals surface area contributed by atoms with Crippen molar-refractivity contribution >= 4 is 23.4 Å². The van der Waals surface area contributed by atoms with Crippen LogP contribution in [0.4, 0.5) is 5.69 Å². The Bertz CT molecular complexity index is 1400. The summed E-state index contributed by atoms with van der Waals surface area (Å²) in [4.78, 5) is 17.6. The lowest BCUT2D eigenvalue weighted by atomic mass is 9.91. The number of carbonyl (C=O) groups excluding carboxylic acids is 1. The highest BCUT2D eigenvalue weighted by Crippen LogP contribution is 2.43. The number of amides is 1. The molecule has 4 atom stereocenters. The SMILES string of the molecule is COc1ccccc1SC[C@H]1O[C@@H](c2ccc(NC(=O)c3cccnc3)cc2)O[C@@H](c2ccc(CO)cc2)[C@H]1C. The van der Waals surface area contributed by atoms with Gasteiger partial charge in [0.05, 0.1) is 31.5 Å². The fourth-order valence-electron chi connectivity index (χ4n) is 4.64. The van der Waals surface area contributed by atoms with Crippen molar-refractivity contribution in [3.8, 4) is 5.75 Å². The number of nitrogens with one attached hydrogen (secondary N) is 1. The lowest BCUT2D eigenvalue weighted by Gasteiger charge is -2.41. The first-order valence-electron chi connectivity index (χ1n) is 13.1. The Morgan fingerprint density at radius 2 is 1.73 bits per heavy atom. The van der Waals surface area contributed by atoms with Crippen LogP contribution >= 0.6 is 11.8 Å². The molecule has 8 heteroatoms. The van der Waals surface area contributed by atoms with Crippen LogP contribution in [0, 0.1) is 5.92 Å². The molecular formula is C32H32N2O5S. The van der Waals surface area contributed by atoms with E-state index in [0.29, 0.717) is 17.0 Å². The lowest BCUT2D eigenvalue weighted by Crippen LogP contribution is -2.38. The minimum absolute atomic E-state index is 0.00502. The first-order valence-corrected chi connectivity index (χ1v) is 14.1. The number of carbonyl (C=O) groups is 1. The van der Waals surface area contributed by atoms with Gasteiger partial charge >= 0.3 is 0 Å². The zero-order valence-corrected chi connectivity index (χ0v) is 23.2. The monoisotopic (exact) mass is 556 g/mol. The molecule has 0 bridgehead atoms. The van der Waals surface area contributed by atoms with Gasteiger partial charge < -0.3 is 24.6 Å². The first kappa shape index (κ1) is 27.9. The largest absolute Gasteiger partial charge is 0.496 e. The van der Waals surface area contributed by atoms with Gasteiger partial charge in [-0.1, -0.05) is 55.5 Å². The van der Waals surface area contributed by atoms with Crippen molar-refractivity contribution in [1.29, 1.82) is 0 Å². The maximum Gasteiger partial charge on any atom is 0.257 e. The molecule has 4 aromatic rings. The molecule has 1 amide bonds. The van der Waals surface area contributed by atoms with Crippen LogP contribution in [0.3, 0.4) is 0 Å². The number of nitrogens with zero attached hydrogens (tertiary/aromatic N) is 1. The van der Waals surface area contributed by atoms with Gasteiger partial charge in [-0.3, -0.25) is 9.78 Å². The highest BCUT2D eigenvalue weighted by molar-refractivity contribution is 7.99. The summed E-state index contributed by atoms with van der Waals surface area (Å²) in [5, 5.41) is 12.4. The minimum atomic E-state index is -0.593. The molecule has 0 aliphatic carbocycles. The molecule has 206 valence electrons. The number of pyridine rings is 1. The van der Waals surface area contributed by atoms with Crippen LogP contribution in [-0.2, 0) is 16.1 Å². The van der Waals surface area contributed by atoms with E-state index in [-0.39, 0.29) is 30.6 Å². The summed E-state index contributed by atoms with van der Waals surface area (Å²) >= 11 is 1.70. The number of thioether (sulfide) groups is 1. The molecule has 2 heterocycles. The van der Waals surface area contributed by atoms with E-state index in [1.807, 2.05) is 66.7 Å². The Morgan fingerprint density at radius 3 is 2.42 bits per heavy atom. The first-order chi connectivity index (χ1) is 19.6. The molecular weight excluding hydrogens is 524 g/mol. The highest BCUT2D eigenvalue weighted by Gasteiger charge is 2.38. The third-order valence-corrected chi connectivity index (χ3v) is 8.10. The van der Waals surface area contributed by atoms with Gasteiger partial charge in [0.2, 0.25) is 0 Å². The van der Waals surface area contributed by atoms with Crippen LogP contribution < -0.4 is 10.1 Å². The molecule has 0 spiro atoms. The molecule has 0 radical (unpaired) electrons. The maximum absolute atomic E-state index is 12.5. The second-order valence-electron chi connectivity index (χ2n) is 9.60. The number of para-hydroxylation sites is 1. The van der Waals surface area contributed by atoms with Gasteiger partial charge in [0.25, 0.3) is 5.91 Å². The van der Waals surface area contributed by atoms with Crippen molar-refractivity contribution in [2.45, 2.75) is 36.9 Å². The van der Waals surface area contributed by atoms with E-state index in [4.69, 9.17) is 14.2 Å². The van der Waals surface area contributed by atoms with Crippen LogP contribution in [0.25, 0.3) is 0 Å². The van der Waals surface area contributed by atoms with Crippen LogP contribution in [0.15, 0.2) is 102 Å². The predicted molar refractivity (Wildman–Crippen MR) is 155 cm³/mol. The van der Waals surface area contributed by atoms with Crippen molar-refractivity contribution in [3.63, 3.8) is 0 Å². The third-order valence-electron chi connectivity index (χ3n) is 6.96. The summed E-state index contributed by atoms with van der Waals surface area (Å²) < 4.78 is 18.6. The Morgan fingerprint density at radius 1 is 0.975 bits per heavy atom. The molecule has 2 N–H and O–H groups in total. The molecule has 7 nitrogen and oxygen atoms in total. The summed E-state index contributed by atoms with van der Waals surface area (Å²) in [7, 11) is 1.68. The van der Waals surface area contributed by atoms with Crippen molar-refractivity contribution in [2.24, 2.45) is 5.92 Å². The van der Waals surface area contributed by atoms with Crippen molar-refractivity contribution in [1.82, 2.24) is 4.98 Å². The summed E-state index contributed by atoms with van der Waals surface area (Å²) in [6, 6.07) is 26.8. The normalized spacial score (nSPS) is 20.6. The van der Waals surface area contributed by atoms with E-state index in [2.05, 4.69) is 23.3 Å². The van der Waals surface area contributed by atoms with Gasteiger partial charge in [0, 0.05) is 40.2 Å². The lowest BCUT2D eigenvalue weighted by molar-refractivity contribution is -0.268. The Balaban J connectivity index is 1.35. The number of anilines is 1. The molecule has 1 aromatic heterocycles. The number of ether oxygens (including phenoxy) is 3. The van der Waals surface area contributed by atoms with E-state index in [0.717, 1.165) is 27.3 Å². The molecule has 1 aliphatic heterocycles. The summed E-state index contributed by atoms with van der Waals surface area (Å²) in [5.74, 6) is 1.39. The fraction of sp³-hybridized carbons (Fsp3) is 0.250. The Kier molecular flexibility index (Phi) is 9.13. The molecule has 3 aromatic carbocycles. The number of aliphatic hydroxyl groups excluding tert-OH is 1. The molecule has 1 aliphatic rings. The maximum atomic E-state index is 12.5. The molecule has 1 fully saturated rings. The van der Waals surface area contributed by atoms with Gasteiger partial charge in [-0.15, -0.1) is 11.8 Å². The number of benzene rings is 3. The standard InChI is InChI=1S/C32H32N2O5S/c1-21-28(20-40-29-8-4-3-7-27(29)37-2)38-32(39-30(21)23-11-9-22(19-35)10-12-23)24-13-15-26(16-14-24)34-31(36)25-6-5-17-33-18-25/h3-18,21,28,30,32,35H,19-20H2,1-2H3,(H,34,36)/t21-,28+,30+,32+/m0/s1. The minimum Gasteiger partial charge on any atom is -0.496 e. The number of aromatic nitrogens is 1. The van der Waals surface area contributed by atoms with Crippen LogP contribution in [0.5, 0.6) is 5.75 Å². The van der Waals surface area contributed by atoms with E-state index >= 15 is 0 Å². The second-order valence-corrected chi connectivity index (χ2v) is 10.7. The third kappa shape index (κ3) is 6.54. The number of hydrogen-bond donors (Lipinski definition) is 2. The molecule has 5 rings (SSSR count). The number of hydrogen-bond acceptors (Lipinski definition) is 7. The number of methoxy groups -OCH3 is 1. The fourth-order valence-corrected chi connectivity index (χ4v) is 5.84. The zero-order chi connectivity index (χ0) is 27.9. The van der Waals surface area contributed by atoms with E-state index in [1.165, 1.54) is 6.20 Å². The Labute approximate surface area is 238 Å². The van der Waals surface area contributed by atoms with Crippen molar-refractivity contribution in [2.75, 3.05) is 18.2 Å². The van der Waals surface area contributed by atoms with Crippen molar-refractivity contribution in [3.05, 3.63) is 120 Å². The van der Waals surface area contributed by atoms with Gasteiger partial charge in [0.1, 0.15) is 5.75 Å². The number of aliphatic hydroxyl groups is 1. The summed E-state index contributed by atoms with van der Waals surface area (Å²) in [6.07, 6.45) is 2.25. The summed E-state index contributed by atoms with van der Waals surface area (Å²) in [5.41, 5.74) is 3.90. The van der Waals surface area contributed by atoms with Gasteiger partial charge in [-0.2, -0.15) is 0 Å². The van der Waals surface area contributed by atoms with Crippen molar-refractivity contribution < 1.29 is 24.1 Å². The second kappa shape index (κ2) is 13.1. The van der Waals surface area contributed by atoms with Crippen LogP contribution in [-0.4, -0.2) is 35.0 Å². The Hall–Kier alpha value is -3.69. The predicted octanol–water partition coefficient (Wildman–Crippen LogP) is 6.42. The smallest absolute Gasteiger partial charge is 0.257 e. The topological polar surface area (TPSA) is 89.9 Å². The van der Waals surface area contributed by atoms with Gasteiger partial charge in [-0.05, 0) is 47.5 Å². The van der Waals surface area contributed by atoms with E-state index in [9.17, 15) is 9.90 Å². The average molecular weight is 557 g/mol. The zero-order valence-electron chi connectivity index (χ0n) is 22.4. The molecule has 0 unspecified atom stereocenters. The number of rotatable bonds is 9. The molecule has 1 saturated heterocycles. The quantitative estimate of drug-likeness (QED) is 0.230. The highest BCUT2D eigenvalue weighted by atomic mass is 32.2. The van der Waals surface area contributed by atoms with E-state index in [1.54, 1.807) is 37.2 Å². The van der Waals surface area contributed by atoms with Crippen LogP contribution in [0.1, 0.15) is 46.4 Å². The van der Waals surface area contributed by atoms with Gasteiger partial charge in [-0.25, -0.2) is 0 Å². The average Bonchev–Trinajstić information content (AvgIpc) is 3.01.